The summed E-state index contributed by atoms with van der Waals surface area (Å²) < 4.78 is 1.52. The minimum atomic E-state index is -0.0905. The molecule has 2 amide bonds. The van der Waals surface area contributed by atoms with Gasteiger partial charge in [0.05, 0.1) is 18.0 Å². The third-order valence-corrected chi connectivity index (χ3v) is 6.20. The van der Waals surface area contributed by atoms with Crippen LogP contribution in [0.5, 0.6) is 0 Å². The Kier molecular flexibility index (Phi) is 7.46. The second kappa shape index (κ2) is 10.0. The summed E-state index contributed by atoms with van der Waals surface area (Å²) >= 11 is 2.89. The van der Waals surface area contributed by atoms with Crippen LogP contribution in [0.1, 0.15) is 19.0 Å². The summed E-state index contributed by atoms with van der Waals surface area (Å²) in [5, 5.41) is 4.71. The Morgan fingerprint density at radius 3 is 2.82 bits per heavy atom. The maximum Gasteiger partial charge on any atom is 0.258 e. The summed E-state index contributed by atoms with van der Waals surface area (Å²) in [5.41, 5.74) is 0.612. The highest BCUT2D eigenvalue weighted by atomic mass is 32.2. The predicted molar refractivity (Wildman–Crippen MR) is 112 cm³/mol. The Morgan fingerprint density at radius 2 is 2.07 bits per heavy atom. The maximum absolute atomic E-state index is 12.4. The highest BCUT2D eigenvalue weighted by molar-refractivity contribution is 7.99. The summed E-state index contributed by atoms with van der Waals surface area (Å²) in [6.45, 7) is 5.82. The Morgan fingerprint density at radius 1 is 1.29 bits per heavy atom. The number of carbonyl (C=O) groups excluding carboxylic acids is 2. The summed E-state index contributed by atoms with van der Waals surface area (Å²) in [4.78, 5) is 45.2. The number of thioether (sulfide) groups is 1. The van der Waals surface area contributed by atoms with Crippen molar-refractivity contribution in [3.63, 3.8) is 0 Å². The lowest BCUT2D eigenvalue weighted by Gasteiger charge is -2.34. The number of carbonyl (C=O) groups is 2. The molecule has 2 aromatic heterocycles. The minimum absolute atomic E-state index is 0.0447. The first-order valence-corrected chi connectivity index (χ1v) is 11.4. The zero-order valence-electron chi connectivity index (χ0n) is 15.9. The molecule has 3 rings (SSSR count). The average molecular weight is 424 g/mol. The van der Waals surface area contributed by atoms with Gasteiger partial charge in [0.1, 0.15) is 0 Å². The van der Waals surface area contributed by atoms with Crippen LogP contribution >= 0.6 is 23.1 Å². The lowest BCUT2D eigenvalue weighted by molar-refractivity contribution is -0.130. The molecular weight excluding hydrogens is 398 g/mol. The standard InChI is InChI=1S/C18H25N5O3S2/c1-2-3-19-15(24)11-21-4-6-22(7-5-21)17(26)13-27-12-14-10-16(25)23-8-9-28-18(23)20-14/h8-10H,2-7,11-13H2,1H3,(H,19,24). The molecule has 0 saturated carbocycles. The average Bonchev–Trinajstić information content (AvgIpc) is 3.16. The van der Waals surface area contributed by atoms with Gasteiger partial charge in [0.15, 0.2) is 4.96 Å². The van der Waals surface area contributed by atoms with Crippen LogP contribution in [-0.2, 0) is 15.3 Å². The first-order chi connectivity index (χ1) is 13.6. The van der Waals surface area contributed by atoms with Crippen molar-refractivity contribution in [3.8, 4) is 0 Å². The van der Waals surface area contributed by atoms with Crippen molar-refractivity contribution in [3.05, 3.63) is 33.7 Å². The zero-order chi connectivity index (χ0) is 19.9. The highest BCUT2D eigenvalue weighted by Gasteiger charge is 2.22. The van der Waals surface area contributed by atoms with Crippen molar-refractivity contribution >= 4 is 39.9 Å². The van der Waals surface area contributed by atoms with E-state index in [4.69, 9.17) is 0 Å². The second-order valence-corrected chi connectivity index (χ2v) is 8.50. The van der Waals surface area contributed by atoms with E-state index in [0.717, 1.165) is 6.42 Å². The molecule has 2 aromatic rings. The van der Waals surface area contributed by atoms with E-state index < -0.39 is 0 Å². The van der Waals surface area contributed by atoms with Gasteiger partial charge in [0.2, 0.25) is 11.8 Å². The van der Waals surface area contributed by atoms with Crippen molar-refractivity contribution in [2.75, 3.05) is 45.0 Å². The van der Waals surface area contributed by atoms with Crippen molar-refractivity contribution in [1.29, 1.82) is 0 Å². The van der Waals surface area contributed by atoms with Gasteiger partial charge in [-0.1, -0.05) is 6.92 Å². The first-order valence-electron chi connectivity index (χ1n) is 9.37. The third-order valence-electron chi connectivity index (χ3n) is 4.50. The smallest absolute Gasteiger partial charge is 0.258 e. The van der Waals surface area contributed by atoms with E-state index in [2.05, 4.69) is 15.2 Å². The zero-order valence-corrected chi connectivity index (χ0v) is 17.6. The molecule has 28 heavy (non-hydrogen) atoms. The molecule has 0 bridgehead atoms. The van der Waals surface area contributed by atoms with Crippen LogP contribution in [0.2, 0.25) is 0 Å². The van der Waals surface area contributed by atoms with Crippen molar-refractivity contribution in [2.24, 2.45) is 0 Å². The molecular formula is C18H25N5O3S2. The van der Waals surface area contributed by atoms with Crippen molar-refractivity contribution in [1.82, 2.24) is 24.5 Å². The number of amides is 2. The molecule has 10 heteroatoms. The van der Waals surface area contributed by atoms with Gasteiger partial charge in [-0.15, -0.1) is 23.1 Å². The number of hydrogen-bond donors (Lipinski definition) is 1. The fourth-order valence-electron chi connectivity index (χ4n) is 2.97. The van der Waals surface area contributed by atoms with Crippen LogP contribution in [0.4, 0.5) is 0 Å². The van der Waals surface area contributed by atoms with Crippen LogP contribution in [-0.4, -0.2) is 76.0 Å². The molecule has 1 aliphatic rings. The van der Waals surface area contributed by atoms with Crippen molar-refractivity contribution in [2.45, 2.75) is 19.1 Å². The van der Waals surface area contributed by atoms with E-state index in [9.17, 15) is 14.4 Å². The molecule has 1 fully saturated rings. The summed E-state index contributed by atoms with van der Waals surface area (Å²) in [5.74, 6) is 1.03. The Bertz CT molecular complexity index is 873. The predicted octanol–water partition coefficient (Wildman–Crippen LogP) is 0.660. The lowest BCUT2D eigenvalue weighted by atomic mass is 10.3. The van der Waals surface area contributed by atoms with E-state index in [-0.39, 0.29) is 17.4 Å². The maximum atomic E-state index is 12.4. The summed E-state index contributed by atoms with van der Waals surface area (Å²) in [6, 6.07) is 1.53. The minimum Gasteiger partial charge on any atom is -0.355 e. The Hall–Kier alpha value is -1.91. The molecule has 1 saturated heterocycles. The summed E-state index contributed by atoms with van der Waals surface area (Å²) in [6.07, 6.45) is 2.64. The van der Waals surface area contributed by atoms with Gasteiger partial charge < -0.3 is 10.2 Å². The topological polar surface area (TPSA) is 87.0 Å². The molecule has 0 aliphatic carbocycles. The van der Waals surface area contributed by atoms with Gasteiger partial charge in [0, 0.05) is 56.1 Å². The van der Waals surface area contributed by atoms with Gasteiger partial charge >= 0.3 is 0 Å². The van der Waals surface area contributed by atoms with Crippen LogP contribution in [0.25, 0.3) is 4.96 Å². The molecule has 0 atom stereocenters. The number of fused-ring (bicyclic) bond motifs is 1. The molecule has 0 aromatic carbocycles. The molecule has 1 N–H and O–H groups in total. The lowest BCUT2D eigenvalue weighted by Crippen LogP contribution is -2.51. The van der Waals surface area contributed by atoms with Gasteiger partial charge in [-0.2, -0.15) is 0 Å². The van der Waals surface area contributed by atoms with Gasteiger partial charge in [-0.25, -0.2) is 4.98 Å². The molecule has 0 radical (unpaired) electrons. The quantitative estimate of drug-likeness (QED) is 0.671. The van der Waals surface area contributed by atoms with Crippen molar-refractivity contribution < 1.29 is 9.59 Å². The fourth-order valence-corrected chi connectivity index (χ4v) is 4.53. The number of nitrogens with zero attached hydrogens (tertiary/aromatic N) is 4. The number of nitrogens with one attached hydrogen (secondary N) is 1. The van der Waals surface area contributed by atoms with Crippen LogP contribution in [0.3, 0.4) is 0 Å². The molecule has 1 aliphatic heterocycles. The van der Waals surface area contributed by atoms with Gasteiger partial charge in [-0.3, -0.25) is 23.7 Å². The molecule has 0 unspecified atom stereocenters. The van der Waals surface area contributed by atoms with Crippen LogP contribution in [0, 0.1) is 0 Å². The molecule has 0 spiro atoms. The monoisotopic (exact) mass is 423 g/mol. The molecule has 152 valence electrons. The van der Waals surface area contributed by atoms with Crippen LogP contribution in [0.15, 0.2) is 22.4 Å². The van der Waals surface area contributed by atoms with Crippen LogP contribution < -0.4 is 10.9 Å². The largest absolute Gasteiger partial charge is 0.355 e. The first kappa shape index (κ1) is 20.8. The molecule has 3 heterocycles. The highest BCUT2D eigenvalue weighted by Crippen LogP contribution is 2.13. The normalized spacial score (nSPS) is 15.1. The van der Waals surface area contributed by atoms with E-state index in [1.165, 1.54) is 33.6 Å². The molecule has 8 nitrogen and oxygen atoms in total. The van der Waals surface area contributed by atoms with Gasteiger partial charge in [-0.05, 0) is 6.42 Å². The van der Waals surface area contributed by atoms with E-state index in [1.807, 2.05) is 17.2 Å². The van der Waals surface area contributed by atoms with E-state index >= 15 is 0 Å². The van der Waals surface area contributed by atoms with E-state index in [0.29, 0.717) is 61.4 Å². The Balaban J connectivity index is 1.39. The third kappa shape index (κ3) is 5.55. The SMILES string of the molecule is CCCNC(=O)CN1CCN(C(=O)CSCc2cc(=O)n3ccsc3n2)CC1. The number of aromatic nitrogens is 2. The van der Waals surface area contributed by atoms with E-state index in [1.54, 1.807) is 6.20 Å². The van der Waals surface area contributed by atoms with Gasteiger partial charge in [0.25, 0.3) is 5.56 Å². The Labute approximate surface area is 171 Å². The number of hydrogen-bond acceptors (Lipinski definition) is 7. The summed E-state index contributed by atoms with van der Waals surface area (Å²) in [7, 11) is 0. The number of piperazine rings is 1. The second-order valence-electron chi connectivity index (χ2n) is 6.64. The number of thiazole rings is 1. The fraction of sp³-hybridized carbons (Fsp3) is 0.556. The number of rotatable bonds is 8.